The van der Waals surface area contributed by atoms with Gasteiger partial charge in [0.25, 0.3) is 5.56 Å². The summed E-state index contributed by atoms with van der Waals surface area (Å²) in [6.45, 7) is 0. The lowest BCUT2D eigenvalue weighted by Crippen LogP contribution is -2.21. The largest absolute Gasteiger partial charge is 0.454 e. The van der Waals surface area contributed by atoms with E-state index in [1.54, 1.807) is 12.1 Å². The summed E-state index contributed by atoms with van der Waals surface area (Å²) in [5, 5.41) is 3.78. The summed E-state index contributed by atoms with van der Waals surface area (Å²) in [7, 11) is 0. The first-order chi connectivity index (χ1) is 8.22. The zero-order chi connectivity index (χ0) is 12.3. The molecule has 0 aliphatic heterocycles. The zero-order valence-electron chi connectivity index (χ0n) is 8.64. The third-order valence-corrected chi connectivity index (χ3v) is 2.61. The normalized spacial score (nSPS) is 10.2. The quantitative estimate of drug-likeness (QED) is 0.806. The van der Waals surface area contributed by atoms with E-state index < -0.39 is 5.56 Å². The summed E-state index contributed by atoms with van der Waals surface area (Å²) in [6, 6.07) is 8.95. The molecule has 0 saturated carbocycles. The fourth-order valence-corrected chi connectivity index (χ4v) is 1.58. The van der Waals surface area contributed by atoms with Gasteiger partial charge in [-0.3, -0.25) is 4.79 Å². The highest BCUT2D eigenvalue weighted by molar-refractivity contribution is 6.31. The minimum absolute atomic E-state index is 0.0375. The molecule has 2 rings (SSSR count). The molecule has 0 bridgehead atoms. The van der Waals surface area contributed by atoms with Crippen LogP contribution in [0.25, 0.3) is 0 Å². The van der Waals surface area contributed by atoms with Crippen molar-refractivity contribution in [2.24, 2.45) is 0 Å². The van der Waals surface area contributed by atoms with Crippen LogP contribution in [-0.4, -0.2) is 9.78 Å². The number of aromatic nitrogens is 2. The van der Waals surface area contributed by atoms with Gasteiger partial charge in [-0.25, -0.2) is 4.68 Å². The second-order valence-corrected chi connectivity index (χ2v) is 3.78. The van der Waals surface area contributed by atoms with Crippen LogP contribution in [-0.2, 0) is 6.00 Å². The second kappa shape index (κ2) is 5.21. The molecule has 17 heavy (non-hydrogen) atoms. The molecule has 88 valence electrons. The van der Waals surface area contributed by atoms with Gasteiger partial charge < -0.3 is 4.74 Å². The van der Waals surface area contributed by atoms with E-state index in [1.165, 1.54) is 6.20 Å². The Morgan fingerprint density at radius 2 is 2.00 bits per heavy atom. The van der Waals surface area contributed by atoms with Gasteiger partial charge in [0, 0.05) is 0 Å². The number of halogens is 2. The number of alkyl halides is 1. The van der Waals surface area contributed by atoms with Gasteiger partial charge in [0.15, 0.2) is 10.8 Å². The third kappa shape index (κ3) is 2.60. The van der Waals surface area contributed by atoms with Crippen LogP contribution in [0.1, 0.15) is 0 Å². The Morgan fingerprint density at radius 3 is 2.65 bits per heavy atom. The summed E-state index contributed by atoms with van der Waals surface area (Å²) >= 11 is 11.4. The number of ether oxygens (including phenoxy) is 1. The van der Waals surface area contributed by atoms with Crippen LogP contribution < -0.4 is 10.3 Å². The second-order valence-electron chi connectivity index (χ2n) is 3.16. The number of benzene rings is 1. The monoisotopic (exact) mass is 270 g/mol. The fraction of sp³-hybridized carbons (Fsp3) is 0.0909. The average molecular weight is 271 g/mol. The van der Waals surface area contributed by atoms with Crippen molar-refractivity contribution in [1.82, 2.24) is 9.78 Å². The van der Waals surface area contributed by atoms with Crippen molar-refractivity contribution < 1.29 is 4.74 Å². The molecular weight excluding hydrogens is 263 g/mol. The molecule has 0 unspecified atom stereocenters. The van der Waals surface area contributed by atoms with Gasteiger partial charge in [0.05, 0.1) is 6.20 Å². The number of nitrogens with zero attached hydrogens (tertiary/aromatic N) is 2. The molecule has 0 saturated heterocycles. The highest BCUT2D eigenvalue weighted by atomic mass is 35.5. The highest BCUT2D eigenvalue weighted by Gasteiger charge is 2.10. The van der Waals surface area contributed by atoms with Crippen LogP contribution in [0.2, 0.25) is 5.02 Å². The van der Waals surface area contributed by atoms with Gasteiger partial charge in [-0.2, -0.15) is 5.10 Å². The van der Waals surface area contributed by atoms with E-state index in [4.69, 9.17) is 27.9 Å². The first kappa shape index (κ1) is 12.0. The van der Waals surface area contributed by atoms with Crippen molar-refractivity contribution in [1.29, 1.82) is 0 Å². The van der Waals surface area contributed by atoms with E-state index in [-0.39, 0.29) is 16.8 Å². The SMILES string of the molecule is O=c1c(Cl)c(Oc2ccccc2)cnn1CCl. The molecule has 0 atom stereocenters. The van der Waals surface area contributed by atoms with Crippen LogP contribution in [0.5, 0.6) is 11.5 Å². The van der Waals surface area contributed by atoms with Crippen LogP contribution in [0.15, 0.2) is 41.3 Å². The number of hydrogen-bond acceptors (Lipinski definition) is 3. The molecule has 2 aromatic rings. The molecule has 1 aromatic carbocycles. The number of rotatable bonds is 3. The van der Waals surface area contributed by atoms with Gasteiger partial charge in [-0.05, 0) is 12.1 Å². The Balaban J connectivity index is 2.35. The first-order valence-corrected chi connectivity index (χ1v) is 5.68. The van der Waals surface area contributed by atoms with Crippen molar-refractivity contribution in [3.63, 3.8) is 0 Å². The van der Waals surface area contributed by atoms with Crippen LogP contribution in [0, 0.1) is 0 Å². The minimum Gasteiger partial charge on any atom is -0.454 e. The summed E-state index contributed by atoms with van der Waals surface area (Å²) in [4.78, 5) is 11.6. The predicted molar refractivity (Wildman–Crippen MR) is 65.9 cm³/mol. The van der Waals surface area contributed by atoms with E-state index in [9.17, 15) is 4.79 Å². The molecule has 6 heteroatoms. The zero-order valence-corrected chi connectivity index (χ0v) is 10.1. The van der Waals surface area contributed by atoms with Crippen LogP contribution in [0.3, 0.4) is 0 Å². The molecule has 0 amide bonds. The molecule has 0 spiro atoms. The predicted octanol–water partition coefficient (Wildman–Crippen LogP) is 2.89. The maximum absolute atomic E-state index is 11.6. The van der Waals surface area contributed by atoms with Crippen molar-refractivity contribution in [2.75, 3.05) is 0 Å². The third-order valence-electron chi connectivity index (χ3n) is 2.04. The summed E-state index contributed by atoms with van der Waals surface area (Å²) in [5.74, 6) is 0.795. The van der Waals surface area contributed by atoms with Gasteiger partial charge in [-0.1, -0.05) is 29.8 Å². The van der Waals surface area contributed by atoms with Gasteiger partial charge >= 0.3 is 0 Å². The molecule has 4 nitrogen and oxygen atoms in total. The standard InChI is InChI=1S/C11H8Cl2N2O2/c12-7-15-11(16)10(13)9(6-14-15)17-8-4-2-1-3-5-8/h1-6H,7H2. The Labute approximate surface area is 107 Å². The van der Waals surface area contributed by atoms with E-state index in [0.717, 1.165) is 4.68 Å². The Morgan fingerprint density at radius 1 is 1.29 bits per heavy atom. The van der Waals surface area contributed by atoms with Crippen molar-refractivity contribution >= 4 is 23.2 Å². The van der Waals surface area contributed by atoms with E-state index in [0.29, 0.717) is 5.75 Å². The van der Waals surface area contributed by atoms with Gasteiger partial charge in [0.1, 0.15) is 11.8 Å². The number of para-hydroxylation sites is 1. The maximum Gasteiger partial charge on any atom is 0.290 e. The molecule has 0 aliphatic rings. The van der Waals surface area contributed by atoms with Crippen LogP contribution in [0.4, 0.5) is 0 Å². The first-order valence-electron chi connectivity index (χ1n) is 4.77. The Hall–Kier alpha value is -1.52. The maximum atomic E-state index is 11.6. The van der Waals surface area contributed by atoms with Gasteiger partial charge in [0.2, 0.25) is 0 Å². The topological polar surface area (TPSA) is 44.1 Å². The van der Waals surface area contributed by atoms with Crippen molar-refractivity contribution in [2.45, 2.75) is 6.00 Å². The van der Waals surface area contributed by atoms with E-state index >= 15 is 0 Å². The van der Waals surface area contributed by atoms with E-state index in [1.807, 2.05) is 18.2 Å². The smallest absolute Gasteiger partial charge is 0.290 e. The Kier molecular flexibility index (Phi) is 3.66. The molecule has 0 N–H and O–H groups in total. The minimum atomic E-state index is -0.477. The lowest BCUT2D eigenvalue weighted by atomic mass is 10.3. The summed E-state index contributed by atoms with van der Waals surface area (Å²) in [5.41, 5.74) is -0.477. The lowest BCUT2D eigenvalue weighted by Gasteiger charge is -2.07. The molecule has 0 aliphatic carbocycles. The lowest BCUT2D eigenvalue weighted by molar-refractivity contribution is 0.472. The Bertz CT molecular complexity index is 569. The van der Waals surface area contributed by atoms with E-state index in [2.05, 4.69) is 5.10 Å². The molecule has 0 fully saturated rings. The summed E-state index contributed by atoms with van der Waals surface area (Å²) in [6.07, 6.45) is 1.36. The fourth-order valence-electron chi connectivity index (χ4n) is 1.22. The van der Waals surface area contributed by atoms with Crippen LogP contribution >= 0.6 is 23.2 Å². The molecule has 1 aromatic heterocycles. The number of hydrogen-bond donors (Lipinski definition) is 0. The average Bonchev–Trinajstić information content (AvgIpc) is 2.37. The molecule has 1 heterocycles. The highest BCUT2D eigenvalue weighted by Crippen LogP contribution is 2.25. The molecule has 0 radical (unpaired) electrons. The summed E-state index contributed by atoms with van der Waals surface area (Å²) < 4.78 is 6.48. The van der Waals surface area contributed by atoms with Gasteiger partial charge in [-0.15, -0.1) is 11.6 Å². The van der Waals surface area contributed by atoms with Crippen molar-refractivity contribution in [3.8, 4) is 11.5 Å². The van der Waals surface area contributed by atoms with Crippen molar-refractivity contribution in [3.05, 3.63) is 51.9 Å². The molecular formula is C11H8Cl2N2O2.